The fourth-order valence-electron chi connectivity index (χ4n) is 1.93. The SMILES string of the molecule is Cn1nc(-c2ccc(F)cc2Cl)nc1-c1cccc(Cl)n1. The second kappa shape index (κ2) is 5.42. The molecule has 3 rings (SSSR count). The third-order valence-electron chi connectivity index (χ3n) is 2.88. The largest absolute Gasteiger partial charge is 0.247 e. The van der Waals surface area contributed by atoms with Gasteiger partial charge in [-0.1, -0.05) is 29.3 Å². The van der Waals surface area contributed by atoms with Crippen LogP contribution >= 0.6 is 23.2 Å². The minimum Gasteiger partial charge on any atom is -0.247 e. The van der Waals surface area contributed by atoms with Crippen molar-refractivity contribution in [3.8, 4) is 22.9 Å². The topological polar surface area (TPSA) is 43.6 Å². The number of aryl methyl sites for hydroxylation is 1. The predicted octanol–water partition coefficient (Wildman–Crippen LogP) is 3.99. The minimum absolute atomic E-state index is 0.256. The van der Waals surface area contributed by atoms with Crippen molar-refractivity contribution in [3.05, 3.63) is 52.4 Å². The van der Waals surface area contributed by atoms with E-state index in [0.29, 0.717) is 28.1 Å². The van der Waals surface area contributed by atoms with Crippen LogP contribution in [0.4, 0.5) is 4.39 Å². The minimum atomic E-state index is -0.406. The zero-order chi connectivity index (χ0) is 15.0. The Kier molecular flexibility index (Phi) is 3.61. The molecule has 0 atom stereocenters. The van der Waals surface area contributed by atoms with E-state index >= 15 is 0 Å². The van der Waals surface area contributed by atoms with E-state index < -0.39 is 5.82 Å². The maximum absolute atomic E-state index is 13.1. The Morgan fingerprint density at radius 1 is 1.10 bits per heavy atom. The Hall–Kier alpha value is -1.98. The van der Waals surface area contributed by atoms with Crippen molar-refractivity contribution in [2.45, 2.75) is 0 Å². The van der Waals surface area contributed by atoms with Gasteiger partial charge in [0.2, 0.25) is 0 Å². The molecule has 0 aliphatic heterocycles. The van der Waals surface area contributed by atoms with Gasteiger partial charge in [-0.15, -0.1) is 0 Å². The van der Waals surface area contributed by atoms with Gasteiger partial charge in [-0.25, -0.2) is 19.0 Å². The molecule has 1 aromatic carbocycles. The van der Waals surface area contributed by atoms with Crippen LogP contribution < -0.4 is 0 Å². The van der Waals surface area contributed by atoms with E-state index in [9.17, 15) is 4.39 Å². The first kappa shape index (κ1) is 14.0. The van der Waals surface area contributed by atoms with E-state index in [1.807, 2.05) is 0 Å². The van der Waals surface area contributed by atoms with Crippen LogP contribution in [0.1, 0.15) is 0 Å². The van der Waals surface area contributed by atoms with Crippen LogP contribution in [0.15, 0.2) is 36.4 Å². The average molecular weight is 323 g/mol. The van der Waals surface area contributed by atoms with Crippen LogP contribution in [0.3, 0.4) is 0 Å². The summed E-state index contributed by atoms with van der Waals surface area (Å²) in [5, 5.41) is 4.92. The first-order valence-electron chi connectivity index (χ1n) is 6.04. The van der Waals surface area contributed by atoms with Crippen LogP contribution in [0.5, 0.6) is 0 Å². The molecular weight excluding hydrogens is 314 g/mol. The molecule has 7 heteroatoms. The van der Waals surface area contributed by atoms with Crippen molar-refractivity contribution in [1.29, 1.82) is 0 Å². The van der Waals surface area contributed by atoms with Gasteiger partial charge in [-0.2, -0.15) is 5.10 Å². The van der Waals surface area contributed by atoms with E-state index in [1.54, 1.807) is 36.0 Å². The molecule has 3 aromatic rings. The first-order chi connectivity index (χ1) is 10.0. The van der Waals surface area contributed by atoms with Gasteiger partial charge in [-0.3, -0.25) is 0 Å². The lowest BCUT2D eigenvalue weighted by Gasteiger charge is -1.99. The van der Waals surface area contributed by atoms with E-state index in [2.05, 4.69) is 15.1 Å². The molecule has 0 saturated heterocycles. The van der Waals surface area contributed by atoms with Gasteiger partial charge in [0.15, 0.2) is 11.6 Å². The summed E-state index contributed by atoms with van der Waals surface area (Å²) in [6, 6.07) is 9.33. The summed E-state index contributed by atoms with van der Waals surface area (Å²) in [6.07, 6.45) is 0. The molecule has 0 N–H and O–H groups in total. The van der Waals surface area contributed by atoms with Crippen LogP contribution in [0.2, 0.25) is 10.2 Å². The third kappa shape index (κ3) is 2.75. The Labute approximate surface area is 130 Å². The van der Waals surface area contributed by atoms with E-state index in [-0.39, 0.29) is 5.02 Å². The predicted molar refractivity (Wildman–Crippen MR) is 79.6 cm³/mol. The van der Waals surface area contributed by atoms with Crippen molar-refractivity contribution in [3.63, 3.8) is 0 Å². The third-order valence-corrected chi connectivity index (χ3v) is 3.40. The van der Waals surface area contributed by atoms with Gasteiger partial charge in [0.1, 0.15) is 16.7 Å². The Morgan fingerprint density at radius 3 is 2.62 bits per heavy atom. The van der Waals surface area contributed by atoms with Crippen LogP contribution in [0.25, 0.3) is 22.9 Å². The first-order valence-corrected chi connectivity index (χ1v) is 6.79. The van der Waals surface area contributed by atoms with E-state index in [4.69, 9.17) is 23.2 Å². The molecule has 2 heterocycles. The number of hydrogen-bond acceptors (Lipinski definition) is 3. The maximum atomic E-state index is 13.1. The molecule has 0 saturated carbocycles. The molecular formula is C14H9Cl2FN4. The van der Waals surface area contributed by atoms with Gasteiger partial charge < -0.3 is 0 Å². The molecule has 0 bridgehead atoms. The molecule has 0 radical (unpaired) electrons. The molecule has 0 unspecified atom stereocenters. The lowest BCUT2D eigenvalue weighted by Crippen LogP contribution is -1.96. The van der Waals surface area contributed by atoms with Crippen LogP contribution in [-0.4, -0.2) is 19.7 Å². The molecule has 4 nitrogen and oxygen atoms in total. The Bertz CT molecular complexity index is 816. The van der Waals surface area contributed by atoms with E-state index in [1.165, 1.54) is 12.1 Å². The smallest absolute Gasteiger partial charge is 0.183 e. The highest BCUT2D eigenvalue weighted by Gasteiger charge is 2.15. The number of rotatable bonds is 2. The summed E-state index contributed by atoms with van der Waals surface area (Å²) in [4.78, 5) is 8.60. The molecule has 0 fully saturated rings. The number of pyridine rings is 1. The number of nitrogens with zero attached hydrogens (tertiary/aromatic N) is 4. The van der Waals surface area contributed by atoms with Gasteiger partial charge in [0.25, 0.3) is 0 Å². The number of benzene rings is 1. The standard InChI is InChI=1S/C14H9Cl2FN4/c1-21-14(11-3-2-4-12(16)18-11)19-13(20-21)9-6-5-8(17)7-10(9)15/h2-7H,1H3. The highest BCUT2D eigenvalue weighted by Crippen LogP contribution is 2.28. The quantitative estimate of drug-likeness (QED) is 0.670. The number of aromatic nitrogens is 4. The second-order valence-corrected chi connectivity index (χ2v) is 5.15. The molecule has 0 aliphatic rings. The van der Waals surface area contributed by atoms with Gasteiger partial charge in [0, 0.05) is 12.6 Å². The van der Waals surface area contributed by atoms with Crippen molar-refractivity contribution in [2.75, 3.05) is 0 Å². The summed E-state index contributed by atoms with van der Waals surface area (Å²) >= 11 is 11.9. The molecule has 0 spiro atoms. The molecule has 21 heavy (non-hydrogen) atoms. The highest BCUT2D eigenvalue weighted by molar-refractivity contribution is 6.33. The lowest BCUT2D eigenvalue weighted by molar-refractivity contribution is 0.628. The van der Waals surface area contributed by atoms with Crippen molar-refractivity contribution >= 4 is 23.2 Å². The second-order valence-electron chi connectivity index (χ2n) is 4.35. The molecule has 106 valence electrons. The summed E-state index contributed by atoms with van der Waals surface area (Å²) in [5.74, 6) is 0.545. The fourth-order valence-corrected chi connectivity index (χ4v) is 2.34. The van der Waals surface area contributed by atoms with Crippen molar-refractivity contribution in [2.24, 2.45) is 7.05 Å². The summed E-state index contributed by atoms with van der Waals surface area (Å²) < 4.78 is 14.7. The number of hydrogen-bond donors (Lipinski definition) is 0. The van der Waals surface area contributed by atoms with Gasteiger partial charge in [0.05, 0.1) is 5.02 Å². The maximum Gasteiger partial charge on any atom is 0.183 e. The molecule has 0 amide bonds. The van der Waals surface area contributed by atoms with E-state index in [0.717, 1.165) is 0 Å². The highest BCUT2D eigenvalue weighted by atomic mass is 35.5. The van der Waals surface area contributed by atoms with Crippen LogP contribution in [-0.2, 0) is 7.05 Å². The summed E-state index contributed by atoms with van der Waals surface area (Å²) in [7, 11) is 1.74. The summed E-state index contributed by atoms with van der Waals surface area (Å²) in [5.41, 5.74) is 1.16. The van der Waals surface area contributed by atoms with Gasteiger partial charge in [-0.05, 0) is 30.3 Å². The summed E-state index contributed by atoms with van der Waals surface area (Å²) in [6.45, 7) is 0. The van der Waals surface area contributed by atoms with Crippen LogP contribution in [0, 0.1) is 5.82 Å². The molecule has 2 aromatic heterocycles. The normalized spacial score (nSPS) is 10.9. The van der Waals surface area contributed by atoms with Crippen molar-refractivity contribution in [1.82, 2.24) is 19.7 Å². The zero-order valence-corrected chi connectivity index (χ0v) is 12.4. The molecule has 0 aliphatic carbocycles. The Morgan fingerprint density at radius 2 is 1.90 bits per heavy atom. The average Bonchev–Trinajstić information content (AvgIpc) is 2.80. The van der Waals surface area contributed by atoms with Crippen molar-refractivity contribution < 1.29 is 4.39 Å². The monoisotopic (exact) mass is 322 g/mol. The zero-order valence-electron chi connectivity index (χ0n) is 10.9. The van der Waals surface area contributed by atoms with Gasteiger partial charge >= 0.3 is 0 Å². The Balaban J connectivity index is 2.09. The fraction of sp³-hybridized carbons (Fsp3) is 0.0714. The lowest BCUT2D eigenvalue weighted by atomic mass is 10.2. The number of halogens is 3.